The molecule has 0 radical (unpaired) electrons. The van der Waals surface area contributed by atoms with Gasteiger partial charge in [0.2, 0.25) is 5.78 Å². The lowest BCUT2D eigenvalue weighted by atomic mass is 10.1. The molecule has 0 saturated carbocycles. The van der Waals surface area contributed by atoms with Gasteiger partial charge in [0.05, 0.1) is 12.7 Å². The number of nitrogens with zero attached hydrogens (tertiary/aromatic N) is 1. The Hall–Kier alpha value is -3.13. The van der Waals surface area contributed by atoms with Crippen LogP contribution in [0.1, 0.15) is 20.8 Å². The first-order chi connectivity index (χ1) is 13.0. The number of ketones is 1. The summed E-state index contributed by atoms with van der Waals surface area (Å²) in [4.78, 5) is 28.4. The lowest BCUT2D eigenvalue weighted by molar-refractivity contribution is 0.0469. The zero-order valence-corrected chi connectivity index (χ0v) is 14.9. The second-order valence-corrected chi connectivity index (χ2v) is 6.25. The Bertz CT molecular complexity index is 986. The molecule has 8 heteroatoms. The van der Waals surface area contributed by atoms with Crippen molar-refractivity contribution in [3.8, 4) is 16.3 Å². The van der Waals surface area contributed by atoms with Gasteiger partial charge in [0, 0.05) is 10.9 Å². The molecular weight excluding hydrogens is 376 g/mol. The van der Waals surface area contributed by atoms with Crippen molar-refractivity contribution in [1.29, 1.82) is 0 Å². The highest BCUT2D eigenvalue weighted by Gasteiger charge is 2.18. The lowest BCUT2D eigenvalue weighted by Crippen LogP contribution is -2.15. The summed E-state index contributed by atoms with van der Waals surface area (Å²) in [5.41, 5.74) is 0.662. The van der Waals surface area contributed by atoms with E-state index in [-0.39, 0.29) is 22.8 Å². The van der Waals surface area contributed by atoms with Crippen molar-refractivity contribution < 1.29 is 27.8 Å². The van der Waals surface area contributed by atoms with E-state index in [4.69, 9.17) is 9.47 Å². The molecule has 0 fully saturated rings. The number of hydrogen-bond acceptors (Lipinski definition) is 6. The maximum Gasteiger partial charge on any atom is 0.358 e. The van der Waals surface area contributed by atoms with Gasteiger partial charge in [-0.05, 0) is 42.5 Å². The van der Waals surface area contributed by atoms with E-state index in [1.165, 1.54) is 42.0 Å². The fraction of sp³-hybridized carbons (Fsp3) is 0.105. The van der Waals surface area contributed by atoms with Crippen molar-refractivity contribution >= 4 is 23.1 Å². The van der Waals surface area contributed by atoms with Crippen molar-refractivity contribution in [2.45, 2.75) is 0 Å². The highest BCUT2D eigenvalue weighted by Crippen LogP contribution is 2.24. The van der Waals surface area contributed by atoms with Crippen LogP contribution in [0.15, 0.2) is 47.8 Å². The molecule has 2 aromatic carbocycles. The number of methoxy groups -OCH3 is 1. The first-order valence-electron chi connectivity index (χ1n) is 7.73. The predicted octanol–water partition coefficient (Wildman–Crippen LogP) is 4.14. The van der Waals surface area contributed by atoms with Gasteiger partial charge < -0.3 is 9.47 Å². The third-order valence-electron chi connectivity index (χ3n) is 3.60. The molecule has 0 amide bonds. The number of benzene rings is 2. The number of Topliss-reactive ketones (excluding diaryl/α,β-unsaturated/α-hetero) is 1. The second-order valence-electron chi connectivity index (χ2n) is 5.39. The maximum absolute atomic E-state index is 13.3. The van der Waals surface area contributed by atoms with Crippen LogP contribution >= 0.6 is 11.3 Å². The van der Waals surface area contributed by atoms with Crippen LogP contribution < -0.4 is 4.74 Å². The minimum atomic E-state index is -0.789. The smallest absolute Gasteiger partial charge is 0.358 e. The van der Waals surface area contributed by atoms with E-state index in [9.17, 15) is 18.4 Å². The van der Waals surface area contributed by atoms with Crippen LogP contribution in [0, 0.1) is 11.6 Å². The molecule has 27 heavy (non-hydrogen) atoms. The molecule has 0 aliphatic heterocycles. The summed E-state index contributed by atoms with van der Waals surface area (Å²) < 4.78 is 36.3. The normalized spacial score (nSPS) is 10.5. The summed E-state index contributed by atoms with van der Waals surface area (Å²) in [7, 11) is 1.35. The molecule has 1 aromatic heterocycles. The van der Waals surface area contributed by atoms with Gasteiger partial charge in [0.25, 0.3) is 0 Å². The van der Waals surface area contributed by atoms with E-state index in [0.29, 0.717) is 10.6 Å². The van der Waals surface area contributed by atoms with Gasteiger partial charge >= 0.3 is 5.97 Å². The fourth-order valence-corrected chi connectivity index (χ4v) is 3.07. The number of esters is 1. The van der Waals surface area contributed by atoms with Gasteiger partial charge in [0.15, 0.2) is 12.3 Å². The van der Waals surface area contributed by atoms with E-state index in [2.05, 4.69) is 4.98 Å². The minimum Gasteiger partial charge on any atom is -0.496 e. The monoisotopic (exact) mass is 389 g/mol. The molecule has 3 aromatic rings. The van der Waals surface area contributed by atoms with Crippen LogP contribution in [0.3, 0.4) is 0 Å². The molecule has 3 rings (SSSR count). The Kier molecular flexibility index (Phi) is 5.56. The van der Waals surface area contributed by atoms with Crippen molar-refractivity contribution in [3.63, 3.8) is 0 Å². The first-order valence-corrected chi connectivity index (χ1v) is 8.61. The summed E-state index contributed by atoms with van der Waals surface area (Å²) in [5, 5.41) is 1.99. The summed E-state index contributed by atoms with van der Waals surface area (Å²) in [6.45, 7) is -0.581. The van der Waals surface area contributed by atoms with Crippen LogP contribution in [0.4, 0.5) is 8.78 Å². The topological polar surface area (TPSA) is 65.5 Å². The number of rotatable bonds is 6. The minimum absolute atomic E-state index is 0.0180. The van der Waals surface area contributed by atoms with Gasteiger partial charge in [-0.3, -0.25) is 4.79 Å². The molecule has 0 saturated heterocycles. The molecule has 138 valence electrons. The molecule has 0 aliphatic rings. The lowest BCUT2D eigenvalue weighted by Gasteiger charge is -2.08. The number of halogens is 2. The molecule has 0 spiro atoms. The van der Waals surface area contributed by atoms with Crippen LogP contribution in [0.5, 0.6) is 5.75 Å². The Morgan fingerprint density at radius 2 is 1.78 bits per heavy atom. The highest BCUT2D eigenvalue weighted by atomic mass is 32.1. The third-order valence-corrected chi connectivity index (χ3v) is 4.49. The summed E-state index contributed by atoms with van der Waals surface area (Å²) in [6, 6.07) is 9.17. The van der Waals surface area contributed by atoms with Crippen molar-refractivity contribution in [3.05, 3.63) is 70.7 Å². The largest absolute Gasteiger partial charge is 0.496 e. The predicted molar refractivity (Wildman–Crippen MR) is 95.1 cm³/mol. The Labute approximate surface area is 157 Å². The molecule has 0 atom stereocenters. The standard InChI is InChI=1S/C19H13F2NO4S/c1-25-17-7-6-13(21)8-14(17)16(23)9-26-19(24)15-10-27-18(22-15)11-2-4-12(20)5-3-11/h2-8,10H,9H2,1H3. The first kappa shape index (κ1) is 18.7. The Balaban J connectivity index is 1.67. The molecular formula is C19H13F2NO4S. The molecule has 0 N–H and O–H groups in total. The number of aromatic nitrogens is 1. The number of carbonyl (C=O) groups is 2. The van der Waals surface area contributed by atoms with Crippen molar-refractivity contribution in [2.75, 3.05) is 13.7 Å². The molecule has 0 bridgehead atoms. The Morgan fingerprint density at radius 3 is 2.48 bits per heavy atom. The van der Waals surface area contributed by atoms with Crippen molar-refractivity contribution in [1.82, 2.24) is 4.98 Å². The van der Waals surface area contributed by atoms with Gasteiger partial charge in [-0.25, -0.2) is 18.6 Å². The SMILES string of the molecule is COc1ccc(F)cc1C(=O)COC(=O)c1csc(-c2ccc(F)cc2)n1. The van der Waals surface area contributed by atoms with Crippen molar-refractivity contribution in [2.24, 2.45) is 0 Å². The number of carbonyl (C=O) groups excluding carboxylic acids is 2. The van der Waals surface area contributed by atoms with E-state index < -0.39 is 24.2 Å². The van der Waals surface area contributed by atoms with E-state index >= 15 is 0 Å². The van der Waals surface area contributed by atoms with Gasteiger partial charge in [-0.1, -0.05) is 0 Å². The summed E-state index contributed by atoms with van der Waals surface area (Å²) in [5.74, 6) is -2.18. The molecule has 1 heterocycles. The summed E-state index contributed by atoms with van der Waals surface area (Å²) in [6.07, 6.45) is 0. The third kappa shape index (κ3) is 4.35. The zero-order chi connectivity index (χ0) is 19.4. The van der Waals surface area contributed by atoms with Crippen LogP contribution in [-0.4, -0.2) is 30.5 Å². The Morgan fingerprint density at radius 1 is 1.07 bits per heavy atom. The average molecular weight is 389 g/mol. The second kappa shape index (κ2) is 8.05. The molecule has 0 unspecified atom stereocenters. The highest BCUT2D eigenvalue weighted by molar-refractivity contribution is 7.13. The molecule has 0 aliphatic carbocycles. The van der Waals surface area contributed by atoms with E-state index in [0.717, 1.165) is 12.1 Å². The fourth-order valence-electron chi connectivity index (χ4n) is 2.27. The number of hydrogen-bond donors (Lipinski definition) is 0. The van der Waals surface area contributed by atoms with Crippen LogP contribution in [-0.2, 0) is 4.74 Å². The maximum atomic E-state index is 13.3. The number of ether oxygens (including phenoxy) is 2. The van der Waals surface area contributed by atoms with Crippen LogP contribution in [0.2, 0.25) is 0 Å². The molecule has 5 nitrogen and oxygen atoms in total. The van der Waals surface area contributed by atoms with E-state index in [1.807, 2.05) is 0 Å². The average Bonchev–Trinajstić information content (AvgIpc) is 3.16. The van der Waals surface area contributed by atoms with Gasteiger partial charge in [-0.15, -0.1) is 11.3 Å². The quantitative estimate of drug-likeness (QED) is 0.468. The number of thiazole rings is 1. The van der Waals surface area contributed by atoms with E-state index in [1.54, 1.807) is 12.1 Å². The van der Waals surface area contributed by atoms with Crippen LogP contribution in [0.25, 0.3) is 10.6 Å². The summed E-state index contributed by atoms with van der Waals surface area (Å²) >= 11 is 1.19. The van der Waals surface area contributed by atoms with Gasteiger partial charge in [0.1, 0.15) is 22.4 Å². The zero-order valence-electron chi connectivity index (χ0n) is 14.1. The van der Waals surface area contributed by atoms with Gasteiger partial charge in [-0.2, -0.15) is 0 Å².